The van der Waals surface area contributed by atoms with Crippen molar-refractivity contribution < 1.29 is 0 Å². The van der Waals surface area contributed by atoms with Gasteiger partial charge in [-0.1, -0.05) is 32.4 Å². The monoisotopic (exact) mass is 271 g/mol. The fourth-order valence-corrected chi connectivity index (χ4v) is 3.56. The maximum atomic E-state index is 4.71. The molecule has 2 N–H and O–H groups in total. The first kappa shape index (κ1) is 13.6. The average molecular weight is 271 g/mol. The van der Waals surface area contributed by atoms with Gasteiger partial charge in [0.2, 0.25) is 0 Å². The second kappa shape index (κ2) is 5.57. The van der Waals surface area contributed by atoms with Crippen LogP contribution in [-0.2, 0) is 0 Å². The number of aromatic nitrogens is 2. The lowest BCUT2D eigenvalue weighted by Gasteiger charge is -2.36. The van der Waals surface area contributed by atoms with Gasteiger partial charge in [-0.2, -0.15) is 0 Å². The summed E-state index contributed by atoms with van der Waals surface area (Å²) < 4.78 is 0. The fraction of sp³-hybridized carbons (Fsp3) is 0.588. The molecule has 3 rings (SSSR count). The van der Waals surface area contributed by atoms with E-state index in [1.165, 1.54) is 19.3 Å². The largest absolute Gasteiger partial charge is 0.341 e. The van der Waals surface area contributed by atoms with Crippen molar-refractivity contribution in [2.24, 2.45) is 11.8 Å². The van der Waals surface area contributed by atoms with Gasteiger partial charge in [-0.25, -0.2) is 4.98 Å². The smallest absolute Gasteiger partial charge is 0.124 e. The molecule has 0 bridgehead atoms. The molecule has 0 saturated heterocycles. The third-order valence-electron chi connectivity index (χ3n) is 4.81. The Morgan fingerprint density at radius 2 is 1.90 bits per heavy atom. The predicted molar refractivity (Wildman–Crippen MR) is 83.6 cm³/mol. The Bertz CT molecular complexity index is 531. The molecular formula is C17H25N3. The minimum atomic E-state index is 0.274. The number of nitrogens with one attached hydrogen (secondary N) is 2. The zero-order chi connectivity index (χ0) is 14.1. The molecular weight excluding hydrogens is 246 g/mol. The van der Waals surface area contributed by atoms with E-state index < -0.39 is 0 Å². The molecule has 3 unspecified atom stereocenters. The van der Waals surface area contributed by atoms with Crippen LogP contribution in [0.2, 0.25) is 0 Å². The van der Waals surface area contributed by atoms with Gasteiger partial charge in [0.25, 0.3) is 0 Å². The Kier molecular flexibility index (Phi) is 3.79. The number of fused-ring (bicyclic) bond motifs is 1. The van der Waals surface area contributed by atoms with Crippen molar-refractivity contribution in [3.8, 4) is 0 Å². The minimum Gasteiger partial charge on any atom is -0.341 e. The summed E-state index contributed by atoms with van der Waals surface area (Å²) in [6.07, 6.45) is 4.06. The van der Waals surface area contributed by atoms with E-state index in [9.17, 15) is 0 Å². The second-order valence-corrected chi connectivity index (χ2v) is 6.44. The summed E-state index contributed by atoms with van der Waals surface area (Å²) in [5.41, 5.74) is 2.18. The number of H-pyrrole nitrogens is 1. The lowest BCUT2D eigenvalue weighted by Crippen LogP contribution is -2.44. The van der Waals surface area contributed by atoms with Crippen LogP contribution in [-0.4, -0.2) is 16.0 Å². The summed E-state index contributed by atoms with van der Waals surface area (Å²) in [4.78, 5) is 8.15. The van der Waals surface area contributed by atoms with Crippen LogP contribution in [0.1, 0.15) is 51.9 Å². The number of aromatic amines is 1. The van der Waals surface area contributed by atoms with E-state index >= 15 is 0 Å². The Balaban J connectivity index is 1.76. The van der Waals surface area contributed by atoms with Crippen LogP contribution >= 0.6 is 0 Å². The summed E-state index contributed by atoms with van der Waals surface area (Å²) in [6.45, 7) is 6.96. The first-order chi connectivity index (χ1) is 9.65. The van der Waals surface area contributed by atoms with Crippen molar-refractivity contribution in [1.82, 2.24) is 15.3 Å². The van der Waals surface area contributed by atoms with Crippen LogP contribution in [0.25, 0.3) is 11.0 Å². The van der Waals surface area contributed by atoms with Crippen molar-refractivity contribution in [2.75, 3.05) is 0 Å². The molecule has 1 aromatic carbocycles. The van der Waals surface area contributed by atoms with Gasteiger partial charge in [-0.3, -0.25) is 0 Å². The lowest BCUT2D eigenvalue weighted by atomic mass is 9.78. The highest BCUT2D eigenvalue weighted by Crippen LogP contribution is 2.30. The van der Waals surface area contributed by atoms with Gasteiger partial charge in [-0.15, -0.1) is 0 Å². The molecule has 1 fully saturated rings. The van der Waals surface area contributed by atoms with E-state index in [-0.39, 0.29) is 6.04 Å². The number of hydrogen-bond donors (Lipinski definition) is 2. The maximum absolute atomic E-state index is 4.71. The standard InChI is InChI=1S/C17H25N3/c1-11-7-6-8-12(2)16(11)18-13(3)17-19-14-9-4-5-10-15(14)20-17/h4-5,9-13,16,18H,6-8H2,1-3H3,(H,19,20). The quantitative estimate of drug-likeness (QED) is 0.884. The van der Waals surface area contributed by atoms with Crippen molar-refractivity contribution in [3.05, 3.63) is 30.1 Å². The number of benzene rings is 1. The van der Waals surface area contributed by atoms with E-state index in [0.717, 1.165) is 28.7 Å². The molecule has 2 aromatic rings. The summed E-state index contributed by atoms with van der Waals surface area (Å²) in [6, 6.07) is 9.12. The van der Waals surface area contributed by atoms with Crippen LogP contribution in [0.15, 0.2) is 24.3 Å². The Morgan fingerprint density at radius 1 is 1.20 bits per heavy atom. The number of rotatable bonds is 3. The molecule has 0 spiro atoms. The van der Waals surface area contributed by atoms with Gasteiger partial charge in [0.15, 0.2) is 0 Å². The zero-order valence-corrected chi connectivity index (χ0v) is 12.7. The second-order valence-electron chi connectivity index (χ2n) is 6.44. The van der Waals surface area contributed by atoms with E-state index in [2.05, 4.69) is 43.2 Å². The Labute approximate surface area is 121 Å². The summed E-state index contributed by atoms with van der Waals surface area (Å²) in [5, 5.41) is 3.80. The Hall–Kier alpha value is -1.35. The van der Waals surface area contributed by atoms with E-state index in [1.807, 2.05) is 12.1 Å². The first-order valence-corrected chi connectivity index (χ1v) is 7.86. The van der Waals surface area contributed by atoms with Gasteiger partial charge in [0.1, 0.15) is 5.82 Å². The van der Waals surface area contributed by atoms with Crippen LogP contribution < -0.4 is 5.32 Å². The van der Waals surface area contributed by atoms with Gasteiger partial charge in [0, 0.05) is 6.04 Å². The SMILES string of the molecule is CC(NC1C(C)CCCC1C)c1nc2ccccc2[nH]1. The molecule has 0 aliphatic heterocycles. The van der Waals surface area contributed by atoms with Gasteiger partial charge in [0.05, 0.1) is 17.1 Å². The van der Waals surface area contributed by atoms with Crippen LogP contribution in [0.3, 0.4) is 0 Å². The third kappa shape index (κ3) is 2.59. The molecule has 3 nitrogen and oxygen atoms in total. The normalized spacial score (nSPS) is 28.6. The average Bonchev–Trinajstić information content (AvgIpc) is 2.87. The highest BCUT2D eigenvalue weighted by molar-refractivity contribution is 5.74. The molecule has 1 heterocycles. The highest BCUT2D eigenvalue weighted by atomic mass is 15.0. The first-order valence-electron chi connectivity index (χ1n) is 7.86. The van der Waals surface area contributed by atoms with Crippen molar-refractivity contribution >= 4 is 11.0 Å². The summed E-state index contributed by atoms with van der Waals surface area (Å²) in [7, 11) is 0. The van der Waals surface area contributed by atoms with E-state index in [1.54, 1.807) is 0 Å². The number of imidazole rings is 1. The maximum Gasteiger partial charge on any atom is 0.124 e. The topological polar surface area (TPSA) is 40.7 Å². The zero-order valence-electron chi connectivity index (χ0n) is 12.7. The molecule has 1 aliphatic carbocycles. The molecule has 1 saturated carbocycles. The summed E-state index contributed by atoms with van der Waals surface area (Å²) in [5.74, 6) is 2.56. The molecule has 1 aliphatic rings. The lowest BCUT2D eigenvalue weighted by molar-refractivity contribution is 0.194. The van der Waals surface area contributed by atoms with Gasteiger partial charge < -0.3 is 10.3 Å². The predicted octanol–water partition coefficient (Wildman–Crippen LogP) is 4.04. The van der Waals surface area contributed by atoms with Crippen molar-refractivity contribution in [1.29, 1.82) is 0 Å². The van der Waals surface area contributed by atoms with Gasteiger partial charge in [-0.05, 0) is 43.7 Å². The number of para-hydroxylation sites is 2. The molecule has 3 atom stereocenters. The number of nitrogens with zero attached hydrogens (tertiary/aromatic N) is 1. The molecule has 3 heteroatoms. The van der Waals surface area contributed by atoms with E-state index in [0.29, 0.717) is 6.04 Å². The fourth-order valence-electron chi connectivity index (χ4n) is 3.56. The molecule has 20 heavy (non-hydrogen) atoms. The highest BCUT2D eigenvalue weighted by Gasteiger charge is 2.29. The van der Waals surface area contributed by atoms with Crippen LogP contribution in [0.4, 0.5) is 0 Å². The van der Waals surface area contributed by atoms with Crippen LogP contribution in [0.5, 0.6) is 0 Å². The Morgan fingerprint density at radius 3 is 2.60 bits per heavy atom. The summed E-state index contributed by atoms with van der Waals surface area (Å²) >= 11 is 0. The number of hydrogen-bond acceptors (Lipinski definition) is 2. The third-order valence-corrected chi connectivity index (χ3v) is 4.81. The minimum absolute atomic E-state index is 0.274. The van der Waals surface area contributed by atoms with Crippen molar-refractivity contribution in [3.63, 3.8) is 0 Å². The van der Waals surface area contributed by atoms with Crippen LogP contribution in [0, 0.1) is 11.8 Å². The molecule has 0 radical (unpaired) electrons. The van der Waals surface area contributed by atoms with Gasteiger partial charge >= 0.3 is 0 Å². The van der Waals surface area contributed by atoms with Crippen molar-refractivity contribution in [2.45, 2.75) is 52.1 Å². The molecule has 1 aromatic heterocycles. The molecule has 108 valence electrons. The van der Waals surface area contributed by atoms with E-state index in [4.69, 9.17) is 4.98 Å². The molecule has 0 amide bonds.